The number of para-hydroxylation sites is 3. The zero-order valence-corrected chi connectivity index (χ0v) is 32.4. The van der Waals surface area contributed by atoms with Crippen molar-refractivity contribution in [1.29, 1.82) is 0 Å². The van der Waals surface area contributed by atoms with Gasteiger partial charge < -0.3 is 13.9 Å². The lowest BCUT2D eigenvalue weighted by molar-refractivity contribution is 0.669. The third-order valence-electron chi connectivity index (χ3n) is 11.9. The molecule has 0 radical (unpaired) electrons. The summed E-state index contributed by atoms with van der Waals surface area (Å²) < 4.78 is 11.8. The van der Waals surface area contributed by atoms with Gasteiger partial charge in [-0.05, 0) is 83.8 Å². The summed E-state index contributed by atoms with van der Waals surface area (Å²) in [4.78, 5) is 2.44. The van der Waals surface area contributed by atoms with Gasteiger partial charge in [0.25, 0.3) is 0 Å². The molecule has 0 saturated carbocycles. The summed E-state index contributed by atoms with van der Waals surface area (Å²) in [7, 11) is 0. The third kappa shape index (κ3) is 5.19. The third-order valence-corrected chi connectivity index (χ3v) is 13.1. The fourth-order valence-corrected chi connectivity index (χ4v) is 10.4. The Morgan fingerprint density at radius 2 is 1.29 bits per heavy atom. The smallest absolute Gasteiger partial charge is 0.159 e. The van der Waals surface area contributed by atoms with Gasteiger partial charge in [0.15, 0.2) is 5.58 Å². The van der Waals surface area contributed by atoms with Crippen molar-refractivity contribution in [1.82, 2.24) is 4.57 Å². The molecular formula is C54H36N2OS. The minimum Gasteiger partial charge on any atom is -0.454 e. The van der Waals surface area contributed by atoms with E-state index in [0.717, 1.165) is 51.1 Å². The van der Waals surface area contributed by atoms with Crippen molar-refractivity contribution in [3.05, 3.63) is 206 Å². The van der Waals surface area contributed by atoms with Crippen LogP contribution in [0.25, 0.3) is 80.7 Å². The summed E-state index contributed by atoms with van der Waals surface area (Å²) in [6.07, 6.45) is 9.88. The molecule has 11 aromatic rings. The summed E-state index contributed by atoms with van der Waals surface area (Å²) in [5, 5.41) is 7.18. The van der Waals surface area contributed by atoms with Gasteiger partial charge in [0.2, 0.25) is 0 Å². The maximum Gasteiger partial charge on any atom is 0.159 e. The van der Waals surface area contributed by atoms with Crippen molar-refractivity contribution in [2.24, 2.45) is 0 Å². The van der Waals surface area contributed by atoms with Gasteiger partial charge in [-0.1, -0.05) is 140 Å². The second-order valence-corrected chi connectivity index (χ2v) is 16.3. The van der Waals surface area contributed by atoms with Crippen LogP contribution in [0.1, 0.15) is 17.9 Å². The van der Waals surface area contributed by atoms with E-state index in [0.29, 0.717) is 5.92 Å². The normalized spacial score (nSPS) is 14.2. The van der Waals surface area contributed by atoms with Crippen LogP contribution < -0.4 is 4.90 Å². The van der Waals surface area contributed by atoms with Crippen molar-refractivity contribution < 1.29 is 4.42 Å². The highest BCUT2D eigenvalue weighted by atomic mass is 32.1. The highest BCUT2D eigenvalue weighted by Crippen LogP contribution is 2.49. The number of rotatable bonds is 6. The van der Waals surface area contributed by atoms with Crippen LogP contribution in [0.5, 0.6) is 0 Å². The number of nitrogens with zero attached hydrogens (tertiary/aromatic N) is 2. The van der Waals surface area contributed by atoms with Gasteiger partial charge in [-0.25, -0.2) is 0 Å². The molecule has 0 spiro atoms. The van der Waals surface area contributed by atoms with E-state index in [1.807, 2.05) is 11.3 Å². The second-order valence-electron chi connectivity index (χ2n) is 15.2. The minimum absolute atomic E-state index is 0.363. The molecule has 3 nitrogen and oxygen atoms in total. The molecule has 58 heavy (non-hydrogen) atoms. The van der Waals surface area contributed by atoms with E-state index in [9.17, 15) is 0 Å². The van der Waals surface area contributed by atoms with Crippen LogP contribution in [0.3, 0.4) is 0 Å². The minimum atomic E-state index is 0.363. The zero-order valence-electron chi connectivity index (χ0n) is 31.5. The topological polar surface area (TPSA) is 21.3 Å². The predicted octanol–water partition coefficient (Wildman–Crippen LogP) is 15.8. The molecular weight excluding hydrogens is 725 g/mol. The summed E-state index contributed by atoms with van der Waals surface area (Å²) in [6.45, 7) is 0. The molecule has 8 aromatic carbocycles. The lowest BCUT2D eigenvalue weighted by atomic mass is 9.92. The van der Waals surface area contributed by atoms with Crippen LogP contribution in [-0.4, -0.2) is 4.57 Å². The first kappa shape index (κ1) is 33.0. The maximum atomic E-state index is 6.80. The van der Waals surface area contributed by atoms with Gasteiger partial charge in [-0.15, -0.1) is 11.3 Å². The van der Waals surface area contributed by atoms with Gasteiger partial charge >= 0.3 is 0 Å². The highest BCUT2D eigenvalue weighted by Gasteiger charge is 2.25. The molecule has 0 fully saturated rings. The molecule has 1 aliphatic rings. The van der Waals surface area contributed by atoms with Gasteiger partial charge in [0.1, 0.15) is 5.58 Å². The fourth-order valence-electron chi connectivity index (χ4n) is 9.17. The quantitative estimate of drug-likeness (QED) is 0.168. The van der Waals surface area contributed by atoms with Crippen LogP contribution >= 0.6 is 11.3 Å². The van der Waals surface area contributed by atoms with Crippen molar-refractivity contribution in [2.45, 2.75) is 12.3 Å². The van der Waals surface area contributed by atoms with Gasteiger partial charge in [-0.3, -0.25) is 0 Å². The average Bonchev–Trinajstić information content (AvgIpc) is 3.97. The number of allylic oxidation sites excluding steroid dienone is 4. The summed E-state index contributed by atoms with van der Waals surface area (Å²) in [6, 6.07) is 64.2. The first-order valence-corrected chi connectivity index (χ1v) is 20.8. The molecule has 12 rings (SSSR count). The fraction of sp³-hybridized carbons (Fsp3) is 0.0370. The van der Waals surface area contributed by atoms with Crippen LogP contribution in [0.4, 0.5) is 17.1 Å². The Bertz CT molecular complexity index is 3440. The zero-order chi connectivity index (χ0) is 38.2. The van der Waals surface area contributed by atoms with E-state index in [1.54, 1.807) is 0 Å². The number of thiophene rings is 1. The Morgan fingerprint density at radius 1 is 0.534 bits per heavy atom. The number of fused-ring (bicyclic) bond motifs is 9. The summed E-state index contributed by atoms with van der Waals surface area (Å²) >= 11 is 1.86. The number of aromatic nitrogens is 1. The largest absolute Gasteiger partial charge is 0.454 e. The van der Waals surface area contributed by atoms with Gasteiger partial charge in [0.05, 0.1) is 27.1 Å². The summed E-state index contributed by atoms with van der Waals surface area (Å²) in [5.41, 5.74) is 12.2. The SMILES string of the molecule is C1=CCC(c2ccc(N(c3cccc4c3oc3ccccc34)c3cc(-n4c5ccccc5c5cc(-c6ccccc6)ccc54)cc4c3sc3ccccc34)cc2)C=C1. The second kappa shape index (κ2) is 13.2. The number of hydrogen-bond donors (Lipinski definition) is 0. The molecule has 4 heteroatoms. The van der Waals surface area contributed by atoms with E-state index in [1.165, 1.54) is 58.7 Å². The summed E-state index contributed by atoms with van der Waals surface area (Å²) in [5.74, 6) is 0.363. The molecule has 274 valence electrons. The Kier molecular flexibility index (Phi) is 7.54. The van der Waals surface area contributed by atoms with Crippen molar-refractivity contribution >= 4 is 92.3 Å². The highest BCUT2D eigenvalue weighted by molar-refractivity contribution is 7.26. The Morgan fingerprint density at radius 3 is 2.16 bits per heavy atom. The van der Waals surface area contributed by atoms with E-state index in [2.05, 4.69) is 210 Å². The number of hydrogen-bond acceptors (Lipinski definition) is 3. The van der Waals surface area contributed by atoms with Crippen LogP contribution in [0.2, 0.25) is 0 Å². The Hall–Kier alpha value is -7.14. The van der Waals surface area contributed by atoms with Crippen LogP contribution in [-0.2, 0) is 0 Å². The monoisotopic (exact) mass is 760 g/mol. The average molecular weight is 761 g/mol. The molecule has 3 aromatic heterocycles. The Labute approximate surface area is 339 Å². The van der Waals surface area contributed by atoms with E-state index >= 15 is 0 Å². The van der Waals surface area contributed by atoms with Crippen LogP contribution in [0.15, 0.2) is 205 Å². The van der Waals surface area contributed by atoms with Crippen molar-refractivity contribution in [3.8, 4) is 16.8 Å². The predicted molar refractivity (Wildman–Crippen MR) is 247 cm³/mol. The lowest BCUT2D eigenvalue weighted by Crippen LogP contribution is -2.11. The molecule has 1 atom stereocenters. The standard InChI is InChI=1S/C54H36N2OS/c1-3-14-35(15-4-1)37-26-29-39(30-27-37)55(49-23-13-21-44-42-19-8-11-24-51(42)57-53(44)49)50-34-40(33-46-43-20-9-12-25-52(43)58-54(46)50)56-47-22-10-7-18-41(47)45-32-38(28-31-48(45)56)36-16-5-2-6-17-36/h1-14,16-35H,15H2. The molecule has 0 amide bonds. The van der Waals surface area contributed by atoms with E-state index in [-0.39, 0.29) is 0 Å². The molecule has 3 heterocycles. The molecule has 1 aliphatic carbocycles. The Balaban J connectivity index is 1.16. The van der Waals surface area contributed by atoms with Crippen LogP contribution in [0, 0.1) is 0 Å². The first-order chi connectivity index (χ1) is 28.8. The number of benzene rings is 8. The van der Waals surface area contributed by atoms with Gasteiger partial charge in [-0.2, -0.15) is 0 Å². The molecule has 0 N–H and O–H groups in total. The van der Waals surface area contributed by atoms with Crippen molar-refractivity contribution in [2.75, 3.05) is 4.90 Å². The molecule has 0 saturated heterocycles. The van der Waals surface area contributed by atoms with E-state index < -0.39 is 0 Å². The van der Waals surface area contributed by atoms with E-state index in [4.69, 9.17) is 4.42 Å². The molecule has 0 aliphatic heterocycles. The molecule has 0 bridgehead atoms. The number of anilines is 3. The van der Waals surface area contributed by atoms with Crippen molar-refractivity contribution in [3.63, 3.8) is 0 Å². The molecule has 1 unspecified atom stereocenters. The van der Waals surface area contributed by atoms with Gasteiger partial charge in [0, 0.05) is 54.3 Å². The maximum absolute atomic E-state index is 6.80. The lowest BCUT2D eigenvalue weighted by Gasteiger charge is -2.27. The first-order valence-electron chi connectivity index (χ1n) is 19.9. The number of furan rings is 1.